The van der Waals surface area contributed by atoms with Gasteiger partial charge in [0.25, 0.3) is 0 Å². The van der Waals surface area contributed by atoms with Crippen molar-refractivity contribution in [2.24, 2.45) is 5.92 Å². The first-order chi connectivity index (χ1) is 14.7. The molecule has 3 rings (SSSR count). The third-order valence-corrected chi connectivity index (χ3v) is 7.32. The Kier molecular flexibility index (Phi) is 7.66. The van der Waals surface area contributed by atoms with E-state index in [1.807, 2.05) is 9.80 Å². The zero-order valence-corrected chi connectivity index (χ0v) is 18.9. The molecule has 0 bridgehead atoms. The van der Waals surface area contributed by atoms with Gasteiger partial charge in [-0.3, -0.25) is 14.5 Å². The number of hydrogen-bond acceptors (Lipinski definition) is 5. The van der Waals surface area contributed by atoms with Gasteiger partial charge in [0.05, 0.1) is 6.54 Å². The molecule has 1 aromatic rings. The summed E-state index contributed by atoms with van der Waals surface area (Å²) in [5.41, 5.74) is 0. The fourth-order valence-electron chi connectivity index (χ4n) is 3.95. The first-order valence-corrected chi connectivity index (χ1v) is 12.2. The van der Waals surface area contributed by atoms with Gasteiger partial charge >= 0.3 is 0 Å². The first-order valence-electron chi connectivity index (χ1n) is 10.7. The molecule has 31 heavy (non-hydrogen) atoms. The molecule has 1 unspecified atom stereocenters. The minimum atomic E-state index is -4.19. The van der Waals surface area contributed by atoms with Crippen molar-refractivity contribution in [2.75, 3.05) is 45.8 Å². The Morgan fingerprint density at radius 3 is 2.19 bits per heavy atom. The van der Waals surface area contributed by atoms with E-state index in [0.717, 1.165) is 32.0 Å². The summed E-state index contributed by atoms with van der Waals surface area (Å²) in [5, 5.41) is 0. The topological polar surface area (TPSA) is 90.0 Å². The van der Waals surface area contributed by atoms with E-state index in [2.05, 4.69) is 4.72 Å². The molecule has 0 aromatic heterocycles. The molecule has 2 amide bonds. The summed E-state index contributed by atoms with van der Waals surface area (Å²) < 4.78 is 41.8. The third kappa shape index (κ3) is 5.81. The van der Waals surface area contributed by atoms with E-state index in [1.165, 1.54) is 18.2 Å². The standard InChI is InChI=1S/C21H31FN4O4S/c1-16(2)20(23-31(29,30)18-8-4-3-7-17(18)22)21(28)26-13-11-24(12-14-26)15-19(27)25-9-5-6-10-25/h3-4,7-8,16,20,23H,5-6,9-15H2,1-2H3. The van der Waals surface area contributed by atoms with Gasteiger partial charge in [-0.1, -0.05) is 26.0 Å². The summed E-state index contributed by atoms with van der Waals surface area (Å²) in [7, 11) is -4.19. The average molecular weight is 455 g/mol. The number of piperazine rings is 1. The minimum absolute atomic E-state index is 0.120. The van der Waals surface area contributed by atoms with E-state index in [4.69, 9.17) is 0 Å². The molecule has 1 atom stereocenters. The molecule has 0 aliphatic carbocycles. The normalized spacial score (nSPS) is 19.1. The number of amides is 2. The first kappa shape index (κ1) is 23.6. The summed E-state index contributed by atoms with van der Waals surface area (Å²) in [6.07, 6.45) is 2.10. The highest BCUT2D eigenvalue weighted by Gasteiger charge is 2.34. The van der Waals surface area contributed by atoms with Gasteiger partial charge in [0.2, 0.25) is 21.8 Å². The predicted molar refractivity (Wildman–Crippen MR) is 114 cm³/mol. The summed E-state index contributed by atoms with van der Waals surface area (Å²) >= 11 is 0. The van der Waals surface area contributed by atoms with Gasteiger partial charge in [-0.05, 0) is 30.9 Å². The van der Waals surface area contributed by atoms with Crippen molar-refractivity contribution in [2.45, 2.75) is 37.6 Å². The van der Waals surface area contributed by atoms with E-state index in [1.54, 1.807) is 18.7 Å². The Balaban J connectivity index is 1.59. The maximum absolute atomic E-state index is 14.0. The van der Waals surface area contributed by atoms with Crippen LogP contribution in [-0.4, -0.2) is 86.8 Å². The summed E-state index contributed by atoms with van der Waals surface area (Å²) in [4.78, 5) is 30.5. The van der Waals surface area contributed by atoms with Crippen molar-refractivity contribution >= 4 is 21.8 Å². The van der Waals surface area contributed by atoms with Crippen molar-refractivity contribution in [3.05, 3.63) is 30.1 Å². The SMILES string of the molecule is CC(C)C(NS(=O)(=O)c1ccccc1F)C(=O)N1CCN(CC(=O)N2CCCC2)CC1. The monoisotopic (exact) mass is 454 g/mol. The van der Waals surface area contributed by atoms with E-state index in [0.29, 0.717) is 32.7 Å². The summed E-state index contributed by atoms with van der Waals surface area (Å²) in [5.74, 6) is -1.39. The molecule has 10 heteroatoms. The average Bonchev–Trinajstić information content (AvgIpc) is 3.27. The quantitative estimate of drug-likeness (QED) is 0.661. The molecule has 2 heterocycles. The Hall–Kier alpha value is -2.04. The van der Waals surface area contributed by atoms with E-state index < -0.39 is 26.8 Å². The van der Waals surface area contributed by atoms with Crippen LogP contribution in [0.2, 0.25) is 0 Å². The molecule has 2 aliphatic heterocycles. The fourth-order valence-corrected chi connectivity index (χ4v) is 5.36. The summed E-state index contributed by atoms with van der Waals surface area (Å²) in [6, 6.07) is 4.10. The molecule has 0 spiro atoms. The zero-order valence-electron chi connectivity index (χ0n) is 18.1. The van der Waals surface area contributed by atoms with Crippen molar-refractivity contribution in [1.29, 1.82) is 0 Å². The molecule has 1 N–H and O–H groups in total. The van der Waals surface area contributed by atoms with Gasteiger partial charge in [0.1, 0.15) is 16.8 Å². The molecule has 1 aromatic carbocycles. The van der Waals surface area contributed by atoms with E-state index >= 15 is 0 Å². The van der Waals surface area contributed by atoms with Crippen LogP contribution in [-0.2, 0) is 19.6 Å². The second-order valence-corrected chi connectivity index (χ2v) is 10.1. The second kappa shape index (κ2) is 10.1. The van der Waals surface area contributed by atoms with Crippen LogP contribution in [0.3, 0.4) is 0 Å². The summed E-state index contributed by atoms with van der Waals surface area (Å²) in [6.45, 7) is 7.40. The lowest BCUT2D eigenvalue weighted by atomic mass is 10.0. The Morgan fingerprint density at radius 2 is 1.61 bits per heavy atom. The van der Waals surface area contributed by atoms with Crippen LogP contribution in [0.1, 0.15) is 26.7 Å². The Morgan fingerprint density at radius 1 is 1.00 bits per heavy atom. The largest absolute Gasteiger partial charge is 0.342 e. The second-order valence-electron chi connectivity index (χ2n) is 8.46. The highest BCUT2D eigenvalue weighted by molar-refractivity contribution is 7.89. The highest BCUT2D eigenvalue weighted by atomic mass is 32.2. The lowest BCUT2D eigenvalue weighted by Gasteiger charge is -2.37. The van der Waals surface area contributed by atoms with E-state index in [-0.39, 0.29) is 17.7 Å². The zero-order chi connectivity index (χ0) is 22.6. The smallest absolute Gasteiger partial charge is 0.244 e. The van der Waals surface area contributed by atoms with Crippen LogP contribution < -0.4 is 4.72 Å². The lowest BCUT2D eigenvalue weighted by molar-refractivity contribution is -0.136. The number of nitrogens with zero attached hydrogens (tertiary/aromatic N) is 3. The van der Waals surface area contributed by atoms with Crippen molar-refractivity contribution < 1.29 is 22.4 Å². The van der Waals surface area contributed by atoms with Crippen molar-refractivity contribution in [3.63, 3.8) is 0 Å². The molecular weight excluding hydrogens is 423 g/mol. The molecule has 2 saturated heterocycles. The molecule has 8 nitrogen and oxygen atoms in total. The molecule has 0 saturated carbocycles. The number of benzene rings is 1. The number of hydrogen-bond donors (Lipinski definition) is 1. The van der Waals surface area contributed by atoms with Gasteiger partial charge in [-0.2, -0.15) is 4.72 Å². The van der Waals surface area contributed by atoms with Crippen LogP contribution >= 0.6 is 0 Å². The maximum Gasteiger partial charge on any atom is 0.244 e. The van der Waals surface area contributed by atoms with Crippen LogP contribution in [0, 0.1) is 11.7 Å². The Bertz CT molecular complexity index is 894. The van der Waals surface area contributed by atoms with Gasteiger partial charge in [0.15, 0.2) is 0 Å². The molecule has 0 radical (unpaired) electrons. The third-order valence-electron chi connectivity index (χ3n) is 5.84. The molecule has 2 aliphatic rings. The highest BCUT2D eigenvalue weighted by Crippen LogP contribution is 2.17. The van der Waals surface area contributed by atoms with Crippen molar-refractivity contribution in [3.8, 4) is 0 Å². The number of halogens is 1. The van der Waals surface area contributed by atoms with E-state index in [9.17, 15) is 22.4 Å². The fraction of sp³-hybridized carbons (Fsp3) is 0.619. The number of rotatable bonds is 7. The van der Waals surface area contributed by atoms with Crippen molar-refractivity contribution in [1.82, 2.24) is 19.4 Å². The van der Waals surface area contributed by atoms with Crippen LogP contribution in [0.15, 0.2) is 29.2 Å². The molecule has 2 fully saturated rings. The van der Waals surface area contributed by atoms with Crippen LogP contribution in [0.4, 0.5) is 4.39 Å². The number of sulfonamides is 1. The van der Waals surface area contributed by atoms with Gasteiger partial charge in [-0.15, -0.1) is 0 Å². The van der Waals surface area contributed by atoms with Crippen LogP contribution in [0.25, 0.3) is 0 Å². The van der Waals surface area contributed by atoms with Crippen LogP contribution in [0.5, 0.6) is 0 Å². The molecule has 172 valence electrons. The Labute approximate surface area is 183 Å². The predicted octanol–water partition coefficient (Wildman–Crippen LogP) is 0.895. The number of carbonyl (C=O) groups is 2. The minimum Gasteiger partial charge on any atom is -0.342 e. The van der Waals surface area contributed by atoms with Gasteiger partial charge in [-0.25, -0.2) is 12.8 Å². The van der Waals surface area contributed by atoms with Gasteiger partial charge < -0.3 is 9.80 Å². The number of likely N-dealkylation sites (tertiary alicyclic amines) is 1. The molecular formula is C21H31FN4O4S. The number of carbonyl (C=O) groups excluding carboxylic acids is 2. The van der Waals surface area contributed by atoms with Gasteiger partial charge in [0, 0.05) is 39.3 Å². The maximum atomic E-state index is 14.0. The number of nitrogens with one attached hydrogen (secondary N) is 1. The lowest BCUT2D eigenvalue weighted by Crippen LogP contribution is -2.57.